The second-order valence-corrected chi connectivity index (χ2v) is 12.2. The van der Waals surface area contributed by atoms with Gasteiger partial charge in [0.15, 0.2) is 5.65 Å². The Labute approximate surface area is 232 Å². The Balaban J connectivity index is 1.53. The van der Waals surface area contributed by atoms with Crippen molar-refractivity contribution in [2.24, 2.45) is 0 Å². The predicted octanol–water partition coefficient (Wildman–Crippen LogP) is 5.24. The number of aryl methyl sites for hydroxylation is 1. The molecule has 0 unspecified atom stereocenters. The summed E-state index contributed by atoms with van der Waals surface area (Å²) in [5.74, 6) is -0.292. The molecule has 210 valence electrons. The zero-order valence-corrected chi connectivity index (χ0v) is 23.7. The molecule has 2 heterocycles. The van der Waals surface area contributed by atoms with Crippen LogP contribution in [0.2, 0.25) is 0 Å². The summed E-state index contributed by atoms with van der Waals surface area (Å²) in [6.45, 7) is 7.01. The van der Waals surface area contributed by atoms with E-state index in [2.05, 4.69) is 4.98 Å². The van der Waals surface area contributed by atoms with Gasteiger partial charge >= 0.3 is 12.1 Å². The molecule has 0 aliphatic rings. The summed E-state index contributed by atoms with van der Waals surface area (Å²) >= 11 is 0. The van der Waals surface area contributed by atoms with E-state index >= 15 is 0 Å². The number of carboxylic acids is 1. The Kier molecular flexibility index (Phi) is 7.88. The highest BCUT2D eigenvalue weighted by Gasteiger charge is 2.30. The van der Waals surface area contributed by atoms with Gasteiger partial charge in [0.1, 0.15) is 23.1 Å². The van der Waals surface area contributed by atoms with Gasteiger partial charge in [-0.15, -0.1) is 0 Å². The van der Waals surface area contributed by atoms with Crippen molar-refractivity contribution in [3.8, 4) is 11.5 Å². The molecule has 4 aromatic rings. The molecular formula is C29H31N3O7S. The van der Waals surface area contributed by atoms with E-state index < -0.39 is 33.7 Å². The molecule has 4 rings (SSSR count). The number of aliphatic carboxylic acids is 1. The van der Waals surface area contributed by atoms with E-state index in [0.29, 0.717) is 22.4 Å². The van der Waals surface area contributed by atoms with Crippen LogP contribution >= 0.6 is 0 Å². The molecule has 0 saturated carbocycles. The van der Waals surface area contributed by atoms with Gasteiger partial charge in [-0.2, -0.15) is 0 Å². The van der Waals surface area contributed by atoms with E-state index in [-0.39, 0.29) is 17.0 Å². The van der Waals surface area contributed by atoms with Crippen LogP contribution in [0.4, 0.5) is 4.79 Å². The summed E-state index contributed by atoms with van der Waals surface area (Å²) in [7, 11) is -2.47. The summed E-state index contributed by atoms with van der Waals surface area (Å²) in [5, 5.41) is 10.2. The maximum atomic E-state index is 13.2. The third kappa shape index (κ3) is 6.26. The standard InChI is InChI=1S/C29H31N3O7S/c1-19-6-12-22(13-7-19)40(36,37)32-17-15-23-25(14-16-30-26(23)32)38-21-10-8-20(9-11-21)18-24(27(33)34)31(5)28(35)39-29(2,3)4/h6-17,24H,18H2,1-5H3,(H,33,34)/t24-/m0/s1. The molecule has 0 bridgehead atoms. The lowest BCUT2D eigenvalue weighted by Crippen LogP contribution is -2.46. The van der Waals surface area contributed by atoms with E-state index in [4.69, 9.17) is 9.47 Å². The van der Waals surface area contributed by atoms with Gasteiger partial charge in [0.2, 0.25) is 0 Å². The molecule has 0 saturated heterocycles. The fourth-order valence-electron chi connectivity index (χ4n) is 3.99. The minimum absolute atomic E-state index is 0.0601. The summed E-state index contributed by atoms with van der Waals surface area (Å²) in [5.41, 5.74) is 1.09. The maximum Gasteiger partial charge on any atom is 0.410 e. The number of benzene rings is 2. The number of fused-ring (bicyclic) bond motifs is 1. The van der Waals surface area contributed by atoms with Crippen molar-refractivity contribution in [1.29, 1.82) is 0 Å². The fourth-order valence-corrected chi connectivity index (χ4v) is 5.29. The summed E-state index contributed by atoms with van der Waals surface area (Å²) in [4.78, 5) is 29.8. The topological polar surface area (TPSA) is 128 Å². The van der Waals surface area contributed by atoms with Crippen molar-refractivity contribution >= 4 is 33.1 Å². The van der Waals surface area contributed by atoms with Crippen molar-refractivity contribution in [3.63, 3.8) is 0 Å². The number of nitrogens with zero attached hydrogens (tertiary/aromatic N) is 3. The van der Waals surface area contributed by atoms with Crippen LogP contribution in [0.25, 0.3) is 11.0 Å². The molecule has 1 atom stereocenters. The molecule has 40 heavy (non-hydrogen) atoms. The van der Waals surface area contributed by atoms with Crippen LogP contribution in [0, 0.1) is 6.92 Å². The summed E-state index contributed by atoms with van der Waals surface area (Å²) in [6.07, 6.45) is 2.25. The lowest BCUT2D eigenvalue weighted by Gasteiger charge is -2.28. The number of hydrogen-bond donors (Lipinski definition) is 1. The SMILES string of the molecule is Cc1ccc(S(=O)(=O)n2ccc3c(Oc4ccc(C[C@@H](C(=O)O)N(C)C(=O)OC(C)(C)C)cc4)ccnc32)cc1. The number of carbonyl (C=O) groups excluding carboxylic acids is 1. The smallest absolute Gasteiger partial charge is 0.410 e. The van der Waals surface area contributed by atoms with Crippen LogP contribution in [0.15, 0.2) is 78.0 Å². The number of amides is 1. The quantitative estimate of drug-likeness (QED) is 0.307. The molecule has 0 fully saturated rings. The number of ether oxygens (including phenoxy) is 2. The fraction of sp³-hybridized carbons (Fsp3) is 0.276. The molecule has 1 N–H and O–H groups in total. The number of likely N-dealkylation sites (N-methyl/N-ethyl adjacent to an activating group) is 1. The average molecular weight is 566 g/mol. The van der Waals surface area contributed by atoms with Gasteiger partial charge < -0.3 is 14.6 Å². The number of rotatable bonds is 8. The van der Waals surface area contributed by atoms with Crippen LogP contribution in [-0.2, 0) is 26.0 Å². The van der Waals surface area contributed by atoms with E-state index in [0.717, 1.165) is 14.4 Å². The van der Waals surface area contributed by atoms with Crippen LogP contribution in [0.1, 0.15) is 31.9 Å². The Morgan fingerprint density at radius 1 is 1.02 bits per heavy atom. The third-order valence-corrected chi connectivity index (χ3v) is 7.79. The molecular weight excluding hydrogens is 534 g/mol. The molecule has 0 radical (unpaired) electrons. The van der Waals surface area contributed by atoms with Crippen molar-refractivity contribution in [2.45, 2.75) is 50.7 Å². The van der Waals surface area contributed by atoms with Gasteiger partial charge in [0, 0.05) is 25.9 Å². The Morgan fingerprint density at radius 2 is 1.68 bits per heavy atom. The second kappa shape index (κ2) is 11.0. The van der Waals surface area contributed by atoms with Gasteiger partial charge in [-0.1, -0.05) is 29.8 Å². The maximum absolute atomic E-state index is 13.2. The van der Waals surface area contributed by atoms with Gasteiger partial charge in [0.05, 0.1) is 10.3 Å². The molecule has 0 aliphatic heterocycles. The number of carbonyl (C=O) groups is 2. The number of carboxylic acid groups (broad SMARTS) is 1. The number of pyridine rings is 1. The normalized spacial score (nSPS) is 12.6. The minimum atomic E-state index is -3.86. The van der Waals surface area contributed by atoms with Crippen molar-refractivity contribution < 1.29 is 32.6 Å². The number of aromatic nitrogens is 2. The molecule has 0 spiro atoms. The first-order valence-corrected chi connectivity index (χ1v) is 13.9. The Morgan fingerprint density at radius 3 is 2.27 bits per heavy atom. The lowest BCUT2D eigenvalue weighted by molar-refractivity contribution is -0.142. The second-order valence-electron chi connectivity index (χ2n) is 10.4. The summed E-state index contributed by atoms with van der Waals surface area (Å²) < 4.78 is 38.9. The third-order valence-electron chi connectivity index (χ3n) is 6.11. The molecule has 2 aromatic heterocycles. The van der Waals surface area contributed by atoms with Crippen LogP contribution in [0.3, 0.4) is 0 Å². The lowest BCUT2D eigenvalue weighted by atomic mass is 10.1. The molecule has 1 amide bonds. The van der Waals surface area contributed by atoms with Crippen LogP contribution < -0.4 is 4.74 Å². The van der Waals surface area contributed by atoms with Gasteiger partial charge in [0.25, 0.3) is 10.0 Å². The zero-order valence-electron chi connectivity index (χ0n) is 22.9. The average Bonchev–Trinajstić information content (AvgIpc) is 3.33. The van der Waals surface area contributed by atoms with Gasteiger partial charge in [-0.05, 0) is 69.7 Å². The van der Waals surface area contributed by atoms with E-state index in [1.165, 1.54) is 19.4 Å². The van der Waals surface area contributed by atoms with Crippen LogP contribution in [0.5, 0.6) is 11.5 Å². The largest absolute Gasteiger partial charge is 0.480 e. The first-order valence-electron chi connectivity index (χ1n) is 12.5. The highest BCUT2D eigenvalue weighted by Crippen LogP contribution is 2.31. The van der Waals surface area contributed by atoms with E-state index in [1.54, 1.807) is 81.4 Å². The first kappa shape index (κ1) is 28.6. The predicted molar refractivity (Wildman–Crippen MR) is 149 cm³/mol. The highest BCUT2D eigenvalue weighted by atomic mass is 32.2. The minimum Gasteiger partial charge on any atom is -0.480 e. The van der Waals surface area contributed by atoms with E-state index in [1.807, 2.05) is 6.92 Å². The molecule has 2 aromatic carbocycles. The monoisotopic (exact) mass is 565 g/mol. The van der Waals surface area contributed by atoms with Crippen molar-refractivity contribution in [3.05, 3.63) is 84.2 Å². The Bertz CT molecular complexity index is 1640. The van der Waals surface area contributed by atoms with Crippen LogP contribution in [-0.4, -0.2) is 58.1 Å². The zero-order chi connectivity index (χ0) is 29.2. The first-order chi connectivity index (χ1) is 18.8. The molecule has 11 heteroatoms. The van der Waals surface area contributed by atoms with E-state index in [9.17, 15) is 23.1 Å². The number of hydrogen-bond acceptors (Lipinski definition) is 7. The Hall–Kier alpha value is -4.38. The van der Waals surface area contributed by atoms with Gasteiger partial charge in [-0.3, -0.25) is 4.90 Å². The van der Waals surface area contributed by atoms with Gasteiger partial charge in [-0.25, -0.2) is 27.0 Å². The summed E-state index contributed by atoms with van der Waals surface area (Å²) in [6, 6.07) is 15.5. The highest BCUT2D eigenvalue weighted by molar-refractivity contribution is 7.90. The molecule has 0 aliphatic carbocycles. The van der Waals surface area contributed by atoms with Crippen molar-refractivity contribution in [2.75, 3.05) is 7.05 Å². The van der Waals surface area contributed by atoms with Crippen molar-refractivity contribution in [1.82, 2.24) is 13.9 Å². The molecule has 10 nitrogen and oxygen atoms in total.